The Bertz CT molecular complexity index is 593. The van der Waals surface area contributed by atoms with E-state index in [0.717, 1.165) is 16.7 Å². The molecule has 0 saturated heterocycles. The molecule has 0 saturated carbocycles. The molecule has 0 amide bonds. The second-order valence-electron chi connectivity index (χ2n) is 3.27. The fourth-order valence-electron chi connectivity index (χ4n) is 1.57. The van der Waals surface area contributed by atoms with Gasteiger partial charge in [-0.1, -0.05) is 18.2 Å². The van der Waals surface area contributed by atoms with Crippen LogP contribution in [0, 0.1) is 0 Å². The third kappa shape index (κ3) is 1.10. The number of nitrogen functional groups attached to an aromatic ring is 1. The average molecular weight is 199 g/mol. The average Bonchev–Trinajstić information content (AvgIpc) is 2.83. The number of para-hydroxylation sites is 1. The summed E-state index contributed by atoms with van der Waals surface area (Å²) in [7, 11) is 0. The summed E-state index contributed by atoms with van der Waals surface area (Å²) in [5, 5.41) is 11.9. The van der Waals surface area contributed by atoms with Crippen molar-refractivity contribution in [3.8, 4) is 5.69 Å². The number of fused-ring (bicyclic) bond motifs is 1. The number of anilines is 1. The summed E-state index contributed by atoms with van der Waals surface area (Å²) in [6.07, 6.45) is 1.71. The monoisotopic (exact) mass is 199 g/mol. The Morgan fingerprint density at radius 1 is 1.20 bits per heavy atom. The van der Waals surface area contributed by atoms with Crippen LogP contribution in [0.4, 0.5) is 5.82 Å². The van der Waals surface area contributed by atoms with E-state index in [1.165, 1.54) is 0 Å². The van der Waals surface area contributed by atoms with Gasteiger partial charge in [-0.2, -0.15) is 10.2 Å². The maximum atomic E-state index is 5.70. The smallest absolute Gasteiger partial charge is 0.186 e. The molecule has 0 aliphatic rings. The molecular formula is C10H9N5. The number of nitrogens with zero attached hydrogens (tertiary/aromatic N) is 3. The second kappa shape index (κ2) is 2.84. The Kier molecular flexibility index (Phi) is 1.53. The molecule has 0 unspecified atom stereocenters. The lowest BCUT2D eigenvalue weighted by Gasteiger charge is -1.99. The number of nitrogens with one attached hydrogen (secondary N) is 1. The van der Waals surface area contributed by atoms with Crippen LogP contribution in [-0.4, -0.2) is 20.0 Å². The van der Waals surface area contributed by atoms with Crippen LogP contribution >= 0.6 is 0 Å². The lowest BCUT2D eigenvalue weighted by atomic mass is 10.3. The quantitative estimate of drug-likeness (QED) is 0.621. The molecule has 3 rings (SSSR count). The van der Waals surface area contributed by atoms with Gasteiger partial charge in [0.2, 0.25) is 0 Å². The van der Waals surface area contributed by atoms with E-state index < -0.39 is 0 Å². The number of hydrogen-bond donors (Lipinski definition) is 2. The van der Waals surface area contributed by atoms with Gasteiger partial charge in [0, 0.05) is 0 Å². The van der Waals surface area contributed by atoms with Crippen LogP contribution in [0.3, 0.4) is 0 Å². The molecule has 1 aromatic carbocycles. The van der Waals surface area contributed by atoms with Crippen LogP contribution in [0.15, 0.2) is 36.5 Å². The van der Waals surface area contributed by atoms with E-state index in [1.807, 2.05) is 30.3 Å². The summed E-state index contributed by atoms with van der Waals surface area (Å²) in [5.74, 6) is 0.548. The van der Waals surface area contributed by atoms with Crippen molar-refractivity contribution in [3.63, 3.8) is 0 Å². The molecule has 0 radical (unpaired) electrons. The van der Waals surface area contributed by atoms with E-state index in [-0.39, 0.29) is 0 Å². The minimum absolute atomic E-state index is 0.548. The van der Waals surface area contributed by atoms with Gasteiger partial charge in [0.15, 0.2) is 5.65 Å². The highest BCUT2D eigenvalue weighted by Crippen LogP contribution is 2.19. The van der Waals surface area contributed by atoms with Gasteiger partial charge in [0.05, 0.1) is 17.3 Å². The fourth-order valence-corrected chi connectivity index (χ4v) is 1.57. The van der Waals surface area contributed by atoms with Crippen molar-refractivity contribution in [1.29, 1.82) is 0 Å². The SMILES string of the molecule is Nc1[nH]nc2c1cnn2-c1ccccc1. The predicted octanol–water partition coefficient (Wildman–Crippen LogP) is 1.33. The first kappa shape index (κ1) is 8.05. The van der Waals surface area contributed by atoms with E-state index in [4.69, 9.17) is 5.73 Å². The van der Waals surface area contributed by atoms with Crippen LogP contribution in [-0.2, 0) is 0 Å². The second-order valence-corrected chi connectivity index (χ2v) is 3.27. The fraction of sp³-hybridized carbons (Fsp3) is 0. The van der Waals surface area contributed by atoms with Gasteiger partial charge in [-0.25, -0.2) is 4.68 Å². The number of hydrogen-bond acceptors (Lipinski definition) is 3. The van der Waals surface area contributed by atoms with E-state index >= 15 is 0 Å². The molecule has 2 aromatic heterocycles. The van der Waals surface area contributed by atoms with Crippen LogP contribution < -0.4 is 5.73 Å². The Hall–Kier alpha value is -2.30. The molecule has 2 heterocycles. The summed E-state index contributed by atoms with van der Waals surface area (Å²) in [4.78, 5) is 0. The first-order chi connectivity index (χ1) is 7.36. The number of nitrogens with two attached hydrogens (primary N) is 1. The van der Waals surface area contributed by atoms with Crippen LogP contribution in [0.1, 0.15) is 0 Å². The van der Waals surface area contributed by atoms with Gasteiger partial charge < -0.3 is 5.73 Å². The molecule has 0 atom stereocenters. The summed E-state index contributed by atoms with van der Waals surface area (Å²) < 4.78 is 1.75. The van der Waals surface area contributed by atoms with Crippen molar-refractivity contribution >= 4 is 16.9 Å². The van der Waals surface area contributed by atoms with E-state index in [1.54, 1.807) is 10.9 Å². The molecule has 0 spiro atoms. The van der Waals surface area contributed by atoms with Gasteiger partial charge in [-0.3, -0.25) is 5.10 Å². The highest BCUT2D eigenvalue weighted by Gasteiger charge is 2.09. The molecule has 5 nitrogen and oxygen atoms in total. The topological polar surface area (TPSA) is 72.5 Å². The molecule has 15 heavy (non-hydrogen) atoms. The minimum Gasteiger partial charge on any atom is -0.383 e. The highest BCUT2D eigenvalue weighted by molar-refractivity contribution is 5.86. The molecule has 0 fully saturated rings. The molecule has 0 bridgehead atoms. The summed E-state index contributed by atoms with van der Waals surface area (Å²) in [6.45, 7) is 0. The van der Waals surface area contributed by atoms with Crippen molar-refractivity contribution in [3.05, 3.63) is 36.5 Å². The lowest BCUT2D eigenvalue weighted by molar-refractivity contribution is 0.883. The van der Waals surface area contributed by atoms with Gasteiger partial charge in [-0.05, 0) is 12.1 Å². The van der Waals surface area contributed by atoms with Crippen molar-refractivity contribution in [2.45, 2.75) is 0 Å². The van der Waals surface area contributed by atoms with Gasteiger partial charge >= 0.3 is 0 Å². The zero-order valence-electron chi connectivity index (χ0n) is 7.88. The van der Waals surface area contributed by atoms with Gasteiger partial charge in [-0.15, -0.1) is 0 Å². The number of aromatic amines is 1. The normalized spacial score (nSPS) is 10.9. The third-order valence-electron chi connectivity index (χ3n) is 2.32. The molecule has 5 heteroatoms. The van der Waals surface area contributed by atoms with Crippen molar-refractivity contribution in [2.24, 2.45) is 0 Å². The zero-order chi connectivity index (χ0) is 10.3. The first-order valence-electron chi connectivity index (χ1n) is 4.59. The Labute approximate surface area is 85.5 Å². The minimum atomic E-state index is 0.548. The molecule has 3 N–H and O–H groups in total. The van der Waals surface area contributed by atoms with Gasteiger partial charge in [0.1, 0.15) is 5.82 Å². The number of benzene rings is 1. The summed E-state index contributed by atoms with van der Waals surface area (Å²) in [6, 6.07) is 9.81. The number of aromatic nitrogens is 4. The largest absolute Gasteiger partial charge is 0.383 e. The van der Waals surface area contributed by atoms with E-state index in [2.05, 4.69) is 15.3 Å². The summed E-state index contributed by atoms with van der Waals surface area (Å²) in [5.41, 5.74) is 7.42. The zero-order valence-corrected chi connectivity index (χ0v) is 7.88. The van der Waals surface area contributed by atoms with Crippen LogP contribution in [0.2, 0.25) is 0 Å². The van der Waals surface area contributed by atoms with Crippen LogP contribution in [0.25, 0.3) is 16.7 Å². The van der Waals surface area contributed by atoms with E-state index in [9.17, 15) is 0 Å². The third-order valence-corrected chi connectivity index (χ3v) is 2.32. The van der Waals surface area contributed by atoms with Crippen molar-refractivity contribution in [1.82, 2.24) is 20.0 Å². The highest BCUT2D eigenvalue weighted by atomic mass is 15.3. The van der Waals surface area contributed by atoms with Crippen molar-refractivity contribution in [2.75, 3.05) is 5.73 Å². The number of rotatable bonds is 1. The Balaban J connectivity index is 2.28. The molecular weight excluding hydrogens is 190 g/mol. The molecule has 74 valence electrons. The molecule has 0 aliphatic carbocycles. The Morgan fingerprint density at radius 3 is 2.80 bits per heavy atom. The van der Waals surface area contributed by atoms with Crippen molar-refractivity contribution < 1.29 is 0 Å². The number of H-pyrrole nitrogens is 1. The summed E-state index contributed by atoms with van der Waals surface area (Å²) >= 11 is 0. The van der Waals surface area contributed by atoms with Crippen LogP contribution in [0.5, 0.6) is 0 Å². The maximum Gasteiger partial charge on any atom is 0.186 e. The standard InChI is InChI=1S/C10H9N5/c11-9-8-6-12-15(10(8)14-13-9)7-4-2-1-3-5-7/h1-6H,(H3,11,13,14). The van der Waals surface area contributed by atoms with Gasteiger partial charge in [0.25, 0.3) is 0 Å². The predicted molar refractivity (Wildman–Crippen MR) is 57.6 cm³/mol. The first-order valence-corrected chi connectivity index (χ1v) is 4.59. The van der Waals surface area contributed by atoms with E-state index in [0.29, 0.717) is 5.82 Å². The molecule has 0 aliphatic heterocycles. The molecule has 3 aromatic rings. The lowest BCUT2D eigenvalue weighted by Crippen LogP contribution is -1.95. The maximum absolute atomic E-state index is 5.70. The Morgan fingerprint density at radius 2 is 2.00 bits per heavy atom.